The molecule has 136 valence electrons. The van der Waals surface area contributed by atoms with E-state index in [-0.39, 0.29) is 6.03 Å². The highest BCUT2D eigenvalue weighted by atomic mass is 16.5. The zero-order valence-electron chi connectivity index (χ0n) is 14.7. The predicted molar refractivity (Wildman–Crippen MR) is 97.9 cm³/mol. The van der Waals surface area contributed by atoms with E-state index in [1.807, 2.05) is 41.3 Å². The van der Waals surface area contributed by atoms with E-state index in [9.17, 15) is 4.79 Å². The molecule has 0 aliphatic carbocycles. The Bertz CT molecular complexity index is 769. The molecule has 0 spiro atoms. The van der Waals surface area contributed by atoms with Crippen LogP contribution in [-0.4, -0.2) is 44.3 Å². The lowest BCUT2D eigenvalue weighted by Crippen LogP contribution is -2.34. The third-order valence-electron chi connectivity index (χ3n) is 4.92. The van der Waals surface area contributed by atoms with Crippen LogP contribution in [0.15, 0.2) is 48.5 Å². The number of rotatable bonds is 4. The van der Waals surface area contributed by atoms with E-state index in [0.717, 1.165) is 32.1 Å². The number of urea groups is 1. The molecule has 2 aromatic rings. The molecule has 2 fully saturated rings. The minimum absolute atomic E-state index is 0.102. The van der Waals surface area contributed by atoms with Crippen molar-refractivity contribution in [3.8, 4) is 17.2 Å². The van der Waals surface area contributed by atoms with Crippen molar-refractivity contribution in [2.75, 3.05) is 38.7 Å². The van der Waals surface area contributed by atoms with Gasteiger partial charge >= 0.3 is 6.03 Å². The third kappa shape index (κ3) is 3.46. The van der Waals surface area contributed by atoms with Crippen LogP contribution in [0.5, 0.6) is 17.2 Å². The number of nitrogens with zero attached hydrogens (tertiary/aromatic N) is 1. The number of fused-ring (bicyclic) bond motifs is 1. The zero-order chi connectivity index (χ0) is 17.9. The first-order valence-electron chi connectivity index (χ1n) is 8.77. The van der Waals surface area contributed by atoms with Crippen LogP contribution in [0.25, 0.3) is 0 Å². The van der Waals surface area contributed by atoms with Crippen LogP contribution in [-0.2, 0) is 4.74 Å². The molecule has 0 unspecified atom stereocenters. The fraction of sp³-hybridized carbons (Fsp3) is 0.350. The number of methoxy groups -OCH3 is 1. The number of carbonyl (C=O) groups excluding carboxylic acids is 1. The molecule has 6 nitrogen and oxygen atoms in total. The largest absolute Gasteiger partial charge is 0.494 e. The van der Waals surface area contributed by atoms with E-state index in [2.05, 4.69) is 5.32 Å². The number of benzene rings is 2. The number of likely N-dealkylation sites (tertiary alicyclic amines) is 1. The van der Waals surface area contributed by atoms with Gasteiger partial charge in [0.15, 0.2) is 0 Å². The lowest BCUT2D eigenvalue weighted by molar-refractivity contribution is 0.158. The molecule has 0 saturated carbocycles. The molecule has 0 radical (unpaired) electrons. The van der Waals surface area contributed by atoms with E-state index in [1.165, 1.54) is 0 Å². The van der Waals surface area contributed by atoms with Gasteiger partial charge in [0.25, 0.3) is 0 Å². The van der Waals surface area contributed by atoms with E-state index >= 15 is 0 Å². The Hall–Kier alpha value is -2.73. The summed E-state index contributed by atoms with van der Waals surface area (Å²) < 4.78 is 16.7. The third-order valence-corrected chi connectivity index (χ3v) is 4.92. The number of carbonyl (C=O) groups is 1. The summed E-state index contributed by atoms with van der Waals surface area (Å²) in [5.41, 5.74) is 0.631. The van der Waals surface area contributed by atoms with Gasteiger partial charge in [-0.25, -0.2) is 4.79 Å². The predicted octanol–water partition coefficient (Wildman–Crippen LogP) is 3.60. The first kappa shape index (κ1) is 16.7. The van der Waals surface area contributed by atoms with E-state index < -0.39 is 0 Å². The van der Waals surface area contributed by atoms with Crippen molar-refractivity contribution < 1.29 is 19.0 Å². The maximum absolute atomic E-state index is 12.6. The maximum Gasteiger partial charge on any atom is 0.321 e. The molecule has 2 aliphatic rings. The minimum Gasteiger partial charge on any atom is -0.494 e. The molecule has 26 heavy (non-hydrogen) atoms. The number of nitrogens with one attached hydrogen (secondary N) is 1. The van der Waals surface area contributed by atoms with Crippen molar-refractivity contribution in [2.45, 2.75) is 0 Å². The average Bonchev–Trinajstić information content (AvgIpc) is 3.26. The fourth-order valence-electron chi connectivity index (χ4n) is 3.51. The molecule has 0 aromatic heterocycles. The first-order valence-corrected chi connectivity index (χ1v) is 8.77. The summed E-state index contributed by atoms with van der Waals surface area (Å²) in [4.78, 5) is 14.4. The van der Waals surface area contributed by atoms with Gasteiger partial charge < -0.3 is 24.4 Å². The normalized spacial score (nSPS) is 21.3. The Labute approximate surface area is 152 Å². The summed E-state index contributed by atoms with van der Waals surface area (Å²) >= 11 is 0. The van der Waals surface area contributed by atoms with Gasteiger partial charge in [-0.1, -0.05) is 18.2 Å². The van der Waals surface area contributed by atoms with Crippen LogP contribution in [0.3, 0.4) is 0 Å². The van der Waals surface area contributed by atoms with Gasteiger partial charge in [0.2, 0.25) is 0 Å². The van der Waals surface area contributed by atoms with Crippen LogP contribution in [0.1, 0.15) is 0 Å². The molecular formula is C20H22N2O4. The average molecular weight is 354 g/mol. The van der Waals surface area contributed by atoms with Crippen LogP contribution in [0.2, 0.25) is 0 Å². The second-order valence-electron chi connectivity index (χ2n) is 6.67. The van der Waals surface area contributed by atoms with Gasteiger partial charge in [-0.2, -0.15) is 0 Å². The van der Waals surface area contributed by atoms with Crippen molar-refractivity contribution in [3.05, 3.63) is 48.5 Å². The number of ether oxygens (including phenoxy) is 3. The summed E-state index contributed by atoms with van der Waals surface area (Å²) in [5.74, 6) is 2.89. The van der Waals surface area contributed by atoms with E-state index in [1.54, 1.807) is 19.2 Å². The Kier molecular flexibility index (Phi) is 4.67. The molecular weight excluding hydrogens is 332 g/mol. The molecule has 4 rings (SSSR count). The smallest absolute Gasteiger partial charge is 0.321 e. The second-order valence-corrected chi connectivity index (χ2v) is 6.67. The monoisotopic (exact) mass is 354 g/mol. The highest BCUT2D eigenvalue weighted by molar-refractivity contribution is 5.91. The molecule has 2 aliphatic heterocycles. The number of amides is 2. The lowest BCUT2D eigenvalue weighted by Gasteiger charge is -2.19. The summed E-state index contributed by atoms with van der Waals surface area (Å²) in [6, 6.07) is 14.8. The van der Waals surface area contributed by atoms with Crippen LogP contribution in [0.4, 0.5) is 10.5 Å². The fourth-order valence-corrected chi connectivity index (χ4v) is 3.51. The molecule has 2 heterocycles. The number of hydrogen-bond acceptors (Lipinski definition) is 4. The van der Waals surface area contributed by atoms with E-state index in [4.69, 9.17) is 14.2 Å². The number of anilines is 1. The lowest BCUT2D eigenvalue weighted by atomic mass is 10.0. The van der Waals surface area contributed by atoms with Gasteiger partial charge in [0.05, 0.1) is 26.0 Å². The van der Waals surface area contributed by atoms with Crippen molar-refractivity contribution in [1.29, 1.82) is 0 Å². The maximum atomic E-state index is 12.6. The van der Waals surface area contributed by atoms with Crippen molar-refractivity contribution in [1.82, 2.24) is 4.90 Å². The Balaban J connectivity index is 1.44. The second kappa shape index (κ2) is 7.25. The van der Waals surface area contributed by atoms with Gasteiger partial charge in [0.1, 0.15) is 17.2 Å². The highest BCUT2D eigenvalue weighted by Crippen LogP contribution is 2.33. The van der Waals surface area contributed by atoms with Crippen molar-refractivity contribution >= 4 is 11.7 Å². The summed E-state index contributed by atoms with van der Waals surface area (Å²) in [7, 11) is 1.58. The van der Waals surface area contributed by atoms with Gasteiger partial charge in [-0.15, -0.1) is 0 Å². The molecule has 2 aromatic carbocycles. The molecule has 2 amide bonds. The summed E-state index contributed by atoms with van der Waals surface area (Å²) in [5, 5.41) is 2.95. The molecule has 2 atom stereocenters. The van der Waals surface area contributed by atoms with Crippen LogP contribution >= 0.6 is 0 Å². The topological polar surface area (TPSA) is 60.0 Å². The minimum atomic E-state index is -0.102. The quantitative estimate of drug-likeness (QED) is 0.911. The van der Waals surface area contributed by atoms with Gasteiger partial charge in [-0.3, -0.25) is 0 Å². The Morgan fingerprint density at radius 2 is 1.81 bits per heavy atom. The molecule has 2 saturated heterocycles. The summed E-state index contributed by atoms with van der Waals surface area (Å²) in [6.45, 7) is 2.99. The Morgan fingerprint density at radius 3 is 2.50 bits per heavy atom. The van der Waals surface area contributed by atoms with E-state index in [0.29, 0.717) is 29.0 Å². The Morgan fingerprint density at radius 1 is 1.08 bits per heavy atom. The molecule has 0 bridgehead atoms. The van der Waals surface area contributed by atoms with Gasteiger partial charge in [-0.05, 0) is 24.3 Å². The SMILES string of the molecule is COc1cc(Oc2ccccc2)ccc1NC(=O)N1C[C@H]2COC[C@H]2C1. The van der Waals surface area contributed by atoms with Crippen LogP contribution < -0.4 is 14.8 Å². The van der Waals surface area contributed by atoms with Gasteiger partial charge in [0, 0.05) is 31.0 Å². The number of hydrogen-bond donors (Lipinski definition) is 1. The zero-order valence-corrected chi connectivity index (χ0v) is 14.7. The summed E-state index contributed by atoms with van der Waals surface area (Å²) in [6.07, 6.45) is 0. The molecule has 6 heteroatoms. The number of para-hydroxylation sites is 1. The van der Waals surface area contributed by atoms with Crippen molar-refractivity contribution in [3.63, 3.8) is 0 Å². The molecule has 1 N–H and O–H groups in total. The first-order chi connectivity index (χ1) is 12.7. The standard InChI is InChI=1S/C20H22N2O4/c1-24-19-9-17(26-16-5-3-2-4-6-16)7-8-18(19)21-20(23)22-10-14-12-25-13-15(14)11-22/h2-9,14-15H,10-13H2,1H3,(H,21,23)/t14-,15+. The van der Waals surface area contributed by atoms with Crippen molar-refractivity contribution in [2.24, 2.45) is 11.8 Å². The van der Waals surface area contributed by atoms with Crippen LogP contribution in [0, 0.1) is 11.8 Å². The highest BCUT2D eigenvalue weighted by Gasteiger charge is 2.39.